The molecule has 0 aliphatic carbocycles. The fourth-order valence-electron chi connectivity index (χ4n) is 2.73. The predicted molar refractivity (Wildman–Crippen MR) is 78.6 cm³/mol. The number of nitrogens with zero attached hydrogens (tertiary/aromatic N) is 2. The minimum Gasteiger partial charge on any atom is -0.330 e. The summed E-state index contributed by atoms with van der Waals surface area (Å²) >= 11 is 5.90. The molecular weight excluding hydrogens is 310 g/mol. The minimum absolute atomic E-state index is 0.0246. The van der Waals surface area contributed by atoms with Gasteiger partial charge < -0.3 is 4.90 Å². The number of carbonyl (C=O) groups is 1. The van der Waals surface area contributed by atoms with E-state index >= 15 is 0 Å². The van der Waals surface area contributed by atoms with Gasteiger partial charge in [-0.2, -0.15) is 0 Å². The number of amides is 1. The van der Waals surface area contributed by atoms with Crippen molar-refractivity contribution in [2.24, 2.45) is 0 Å². The van der Waals surface area contributed by atoms with Gasteiger partial charge in [0.15, 0.2) is 11.6 Å². The highest BCUT2D eigenvalue weighted by atomic mass is 35.5. The minimum atomic E-state index is -1.08. The van der Waals surface area contributed by atoms with Crippen LogP contribution < -0.4 is 0 Å². The molecule has 2 heterocycles. The van der Waals surface area contributed by atoms with Crippen LogP contribution in [0.15, 0.2) is 36.5 Å². The van der Waals surface area contributed by atoms with Crippen molar-refractivity contribution in [3.63, 3.8) is 0 Å². The molecule has 1 fully saturated rings. The third-order valence-corrected chi connectivity index (χ3v) is 4.10. The molecule has 3 rings (SSSR count). The summed E-state index contributed by atoms with van der Waals surface area (Å²) in [6, 6.07) is 7.02. The van der Waals surface area contributed by atoms with Gasteiger partial charge in [-0.3, -0.25) is 9.78 Å². The second kappa shape index (κ2) is 6.01. The molecule has 0 bridgehead atoms. The lowest BCUT2D eigenvalue weighted by Crippen LogP contribution is -2.31. The van der Waals surface area contributed by atoms with Gasteiger partial charge in [0.2, 0.25) is 0 Å². The molecule has 114 valence electrons. The fraction of sp³-hybridized carbons (Fsp3) is 0.250. The van der Waals surface area contributed by atoms with Crippen molar-refractivity contribution >= 4 is 17.5 Å². The van der Waals surface area contributed by atoms with Crippen LogP contribution in [0.2, 0.25) is 5.02 Å². The number of halogens is 3. The Hall–Kier alpha value is -2.01. The zero-order valence-corrected chi connectivity index (χ0v) is 12.4. The van der Waals surface area contributed by atoms with Crippen molar-refractivity contribution < 1.29 is 13.6 Å². The van der Waals surface area contributed by atoms with E-state index in [9.17, 15) is 13.6 Å². The second-order valence-corrected chi connectivity index (χ2v) is 5.56. The number of rotatable bonds is 2. The van der Waals surface area contributed by atoms with Crippen LogP contribution in [-0.4, -0.2) is 22.3 Å². The third kappa shape index (κ3) is 2.68. The lowest BCUT2D eigenvalue weighted by atomic mass is 10.1. The first kappa shape index (κ1) is 14.9. The van der Waals surface area contributed by atoms with E-state index < -0.39 is 17.5 Å². The zero-order chi connectivity index (χ0) is 15.7. The van der Waals surface area contributed by atoms with Crippen molar-refractivity contribution in [2.45, 2.75) is 18.9 Å². The smallest absolute Gasteiger partial charge is 0.256 e. The Balaban J connectivity index is 1.93. The van der Waals surface area contributed by atoms with Gasteiger partial charge in [0.1, 0.15) is 0 Å². The van der Waals surface area contributed by atoms with E-state index in [4.69, 9.17) is 11.6 Å². The monoisotopic (exact) mass is 322 g/mol. The molecule has 2 aromatic rings. The summed E-state index contributed by atoms with van der Waals surface area (Å²) in [6.45, 7) is 0.537. The Morgan fingerprint density at radius 2 is 2.05 bits per heavy atom. The summed E-state index contributed by atoms with van der Waals surface area (Å²) < 4.78 is 26.6. The maximum absolute atomic E-state index is 13.4. The molecule has 1 aliphatic rings. The van der Waals surface area contributed by atoms with Crippen LogP contribution in [0.1, 0.15) is 34.9 Å². The molecule has 1 aromatic carbocycles. The average molecular weight is 323 g/mol. The van der Waals surface area contributed by atoms with E-state index in [0.29, 0.717) is 6.54 Å². The van der Waals surface area contributed by atoms with E-state index in [1.807, 2.05) is 12.1 Å². The molecule has 1 aromatic heterocycles. The van der Waals surface area contributed by atoms with Crippen LogP contribution in [-0.2, 0) is 0 Å². The highest BCUT2D eigenvalue weighted by Gasteiger charge is 2.32. The predicted octanol–water partition coefficient (Wildman–Crippen LogP) is 3.99. The first-order valence-electron chi connectivity index (χ1n) is 6.94. The van der Waals surface area contributed by atoms with E-state index in [1.165, 1.54) is 0 Å². The van der Waals surface area contributed by atoms with Gasteiger partial charge in [-0.1, -0.05) is 17.7 Å². The average Bonchev–Trinajstić information content (AvgIpc) is 3.00. The van der Waals surface area contributed by atoms with E-state index in [-0.39, 0.29) is 16.6 Å². The van der Waals surface area contributed by atoms with Crippen LogP contribution in [0.5, 0.6) is 0 Å². The highest BCUT2D eigenvalue weighted by Crippen LogP contribution is 2.33. The van der Waals surface area contributed by atoms with E-state index in [1.54, 1.807) is 17.2 Å². The zero-order valence-electron chi connectivity index (χ0n) is 11.6. The maximum atomic E-state index is 13.4. The Morgan fingerprint density at radius 3 is 2.77 bits per heavy atom. The van der Waals surface area contributed by atoms with Gasteiger partial charge in [0.25, 0.3) is 5.91 Å². The molecule has 1 amide bonds. The molecule has 1 aliphatic heterocycles. The van der Waals surface area contributed by atoms with Crippen molar-refractivity contribution in [2.75, 3.05) is 6.54 Å². The number of benzene rings is 1. The van der Waals surface area contributed by atoms with Gasteiger partial charge in [0, 0.05) is 12.7 Å². The molecule has 22 heavy (non-hydrogen) atoms. The number of hydrogen-bond acceptors (Lipinski definition) is 2. The summed E-state index contributed by atoms with van der Waals surface area (Å²) in [7, 11) is 0. The Morgan fingerprint density at radius 1 is 1.27 bits per heavy atom. The van der Waals surface area contributed by atoms with E-state index in [0.717, 1.165) is 30.7 Å². The Kier molecular flexibility index (Phi) is 4.07. The van der Waals surface area contributed by atoms with Gasteiger partial charge in [-0.05, 0) is 37.1 Å². The topological polar surface area (TPSA) is 33.2 Å². The first-order chi connectivity index (χ1) is 10.6. The van der Waals surface area contributed by atoms with Gasteiger partial charge in [-0.15, -0.1) is 0 Å². The van der Waals surface area contributed by atoms with Crippen molar-refractivity contribution in [3.05, 3.63) is 64.4 Å². The van der Waals surface area contributed by atoms with Crippen LogP contribution in [0.4, 0.5) is 8.78 Å². The first-order valence-corrected chi connectivity index (χ1v) is 7.32. The summed E-state index contributed by atoms with van der Waals surface area (Å²) in [6.07, 6.45) is 3.28. The molecule has 6 heteroatoms. The normalized spacial score (nSPS) is 17.8. The van der Waals surface area contributed by atoms with Crippen LogP contribution in [0.25, 0.3) is 0 Å². The van der Waals surface area contributed by atoms with Crippen LogP contribution >= 0.6 is 11.6 Å². The molecule has 0 radical (unpaired) electrons. The summed E-state index contributed by atoms with van der Waals surface area (Å²) in [5.74, 6) is -2.55. The number of aromatic nitrogens is 1. The fourth-order valence-corrected chi connectivity index (χ4v) is 2.96. The SMILES string of the molecule is O=C(c1cc(F)c(F)cc1Cl)N1CCC[C@@H]1c1ccccn1. The lowest BCUT2D eigenvalue weighted by Gasteiger charge is -2.24. The van der Waals surface area contributed by atoms with Crippen molar-refractivity contribution in [3.8, 4) is 0 Å². The van der Waals surface area contributed by atoms with Gasteiger partial charge >= 0.3 is 0 Å². The molecule has 1 atom stereocenters. The van der Waals surface area contributed by atoms with Gasteiger partial charge in [0.05, 0.1) is 22.3 Å². The molecule has 0 unspecified atom stereocenters. The summed E-state index contributed by atoms with van der Waals surface area (Å²) in [5, 5.41) is -0.0874. The second-order valence-electron chi connectivity index (χ2n) is 5.16. The molecule has 0 saturated carbocycles. The van der Waals surface area contributed by atoms with Crippen LogP contribution in [0, 0.1) is 11.6 Å². The highest BCUT2D eigenvalue weighted by molar-refractivity contribution is 6.33. The molecule has 0 spiro atoms. The van der Waals surface area contributed by atoms with Crippen molar-refractivity contribution in [1.29, 1.82) is 0 Å². The lowest BCUT2D eigenvalue weighted by molar-refractivity contribution is 0.0732. The Labute approximate surface area is 131 Å². The number of carbonyl (C=O) groups excluding carboxylic acids is 1. The third-order valence-electron chi connectivity index (χ3n) is 3.78. The number of hydrogen-bond donors (Lipinski definition) is 0. The molecular formula is C16H13ClF2N2O. The van der Waals surface area contributed by atoms with Crippen molar-refractivity contribution in [1.82, 2.24) is 9.88 Å². The molecule has 1 saturated heterocycles. The van der Waals surface area contributed by atoms with Gasteiger partial charge in [-0.25, -0.2) is 8.78 Å². The summed E-state index contributed by atoms with van der Waals surface area (Å²) in [4.78, 5) is 18.5. The van der Waals surface area contributed by atoms with E-state index in [2.05, 4.69) is 4.98 Å². The standard InChI is InChI=1S/C16H13ClF2N2O/c17-11-9-13(19)12(18)8-10(11)16(22)21-7-3-5-15(21)14-4-1-2-6-20-14/h1-2,4,6,8-9,15H,3,5,7H2/t15-/m1/s1. The molecule has 0 N–H and O–H groups in total. The largest absolute Gasteiger partial charge is 0.330 e. The summed E-state index contributed by atoms with van der Waals surface area (Å²) in [5.41, 5.74) is 0.760. The quantitative estimate of drug-likeness (QED) is 0.783. The molecule has 3 nitrogen and oxygen atoms in total. The van der Waals surface area contributed by atoms with Crippen LogP contribution in [0.3, 0.4) is 0 Å². The number of pyridine rings is 1. The number of likely N-dealkylation sites (tertiary alicyclic amines) is 1. The maximum Gasteiger partial charge on any atom is 0.256 e. The Bertz CT molecular complexity index is 709.